The van der Waals surface area contributed by atoms with E-state index in [1.807, 2.05) is 66.8 Å². The van der Waals surface area contributed by atoms with Gasteiger partial charge in [0.1, 0.15) is 17.2 Å². The second kappa shape index (κ2) is 8.77. The first-order valence-corrected chi connectivity index (χ1v) is 13.1. The monoisotopic (exact) mass is 486 g/mol. The number of benzene rings is 1. The molecule has 0 unspecified atom stereocenters. The summed E-state index contributed by atoms with van der Waals surface area (Å²) in [4.78, 5) is 18.6. The molecule has 5 aromatic heterocycles. The molecule has 1 aliphatic rings. The van der Waals surface area contributed by atoms with E-state index in [9.17, 15) is 0 Å². The van der Waals surface area contributed by atoms with Crippen molar-refractivity contribution in [1.29, 1.82) is 0 Å². The molecular formula is C29H22N6S. The highest BCUT2D eigenvalue weighted by Crippen LogP contribution is 2.36. The number of hydrogen-bond donors (Lipinski definition) is 0. The zero-order valence-corrected chi connectivity index (χ0v) is 20.3. The molecule has 0 atom stereocenters. The van der Waals surface area contributed by atoms with Crippen molar-refractivity contribution in [2.75, 3.05) is 5.75 Å². The predicted molar refractivity (Wildman–Crippen MR) is 145 cm³/mol. The van der Waals surface area contributed by atoms with E-state index >= 15 is 0 Å². The standard InChI is InChI=1S/C29H22N6S/c1-2-14-31-25(7-1)26-18-34(22-5-3-13-30-17-22)28(33-26)20-8-10-21(11-9-20)35-27-12-16-36-19-24(27)23-6-4-15-32-29(23)35/h1-11,13-15,17-18H,12,16,19H2. The van der Waals surface area contributed by atoms with Gasteiger partial charge in [-0.25, -0.2) is 9.97 Å². The SMILES string of the molecule is c1ccc(-c2cn(-c3cccnc3)c(-c3ccc(-n4c5c(c6cccnc64)CSCC5)cc3)n2)nc1. The molecule has 0 spiro atoms. The zero-order chi connectivity index (χ0) is 23.9. The minimum absolute atomic E-state index is 0.825. The summed E-state index contributed by atoms with van der Waals surface area (Å²) in [5, 5.41) is 1.26. The van der Waals surface area contributed by atoms with Crippen LogP contribution in [0.25, 0.3) is 45.2 Å². The summed E-state index contributed by atoms with van der Waals surface area (Å²) in [6, 6.07) is 22.7. The molecule has 6 aromatic rings. The van der Waals surface area contributed by atoms with Crippen molar-refractivity contribution in [2.45, 2.75) is 12.2 Å². The van der Waals surface area contributed by atoms with E-state index in [0.29, 0.717) is 0 Å². The summed E-state index contributed by atoms with van der Waals surface area (Å²) < 4.78 is 4.42. The maximum atomic E-state index is 4.99. The number of fused-ring (bicyclic) bond motifs is 3. The zero-order valence-electron chi connectivity index (χ0n) is 19.5. The van der Waals surface area contributed by atoms with Crippen molar-refractivity contribution in [3.63, 3.8) is 0 Å². The summed E-state index contributed by atoms with van der Waals surface area (Å²) in [6.07, 6.45) is 10.4. The minimum atomic E-state index is 0.825. The largest absolute Gasteiger partial charge is 0.298 e. The highest BCUT2D eigenvalue weighted by atomic mass is 32.2. The fourth-order valence-corrected chi connectivity index (χ4v) is 5.96. The third-order valence-corrected chi connectivity index (χ3v) is 7.60. The highest BCUT2D eigenvalue weighted by Gasteiger charge is 2.22. The molecule has 7 rings (SSSR count). The fraction of sp³-hybridized carbons (Fsp3) is 0.103. The number of imidazole rings is 1. The molecule has 1 aliphatic heterocycles. The Morgan fingerprint density at radius 2 is 1.67 bits per heavy atom. The lowest BCUT2D eigenvalue weighted by atomic mass is 10.1. The van der Waals surface area contributed by atoms with Gasteiger partial charge in [-0.3, -0.25) is 19.1 Å². The first kappa shape index (κ1) is 21.1. The molecule has 0 saturated heterocycles. The average molecular weight is 487 g/mol. The summed E-state index contributed by atoms with van der Waals surface area (Å²) in [6.45, 7) is 0. The van der Waals surface area contributed by atoms with E-state index in [1.54, 1.807) is 12.4 Å². The molecule has 1 aromatic carbocycles. The van der Waals surface area contributed by atoms with Crippen LogP contribution in [0.4, 0.5) is 0 Å². The number of hydrogen-bond acceptors (Lipinski definition) is 5. The second-order valence-electron chi connectivity index (χ2n) is 8.73. The molecule has 0 saturated carbocycles. The third kappa shape index (κ3) is 3.51. The van der Waals surface area contributed by atoms with Gasteiger partial charge >= 0.3 is 0 Å². The Hall–Kier alpha value is -4.23. The van der Waals surface area contributed by atoms with E-state index in [1.165, 1.54) is 16.6 Å². The van der Waals surface area contributed by atoms with E-state index in [0.717, 1.165) is 57.7 Å². The highest BCUT2D eigenvalue weighted by molar-refractivity contribution is 7.98. The van der Waals surface area contributed by atoms with Gasteiger partial charge in [0, 0.05) is 52.9 Å². The van der Waals surface area contributed by atoms with Gasteiger partial charge in [0.2, 0.25) is 0 Å². The van der Waals surface area contributed by atoms with E-state index in [2.05, 4.69) is 49.4 Å². The first-order valence-electron chi connectivity index (χ1n) is 11.9. The third-order valence-electron chi connectivity index (χ3n) is 6.61. The lowest BCUT2D eigenvalue weighted by Gasteiger charge is -2.16. The molecule has 0 aliphatic carbocycles. The topological polar surface area (TPSA) is 61.4 Å². The molecule has 6 heterocycles. The molecule has 0 radical (unpaired) electrons. The Morgan fingerprint density at radius 3 is 2.50 bits per heavy atom. The predicted octanol–water partition coefficient (Wildman–Crippen LogP) is 6.12. The quantitative estimate of drug-likeness (QED) is 0.300. The maximum absolute atomic E-state index is 4.99. The molecular weight excluding hydrogens is 464 g/mol. The summed E-state index contributed by atoms with van der Waals surface area (Å²) in [7, 11) is 0. The summed E-state index contributed by atoms with van der Waals surface area (Å²) >= 11 is 2.00. The molecule has 6 nitrogen and oxygen atoms in total. The van der Waals surface area contributed by atoms with Crippen LogP contribution in [0.1, 0.15) is 11.3 Å². The smallest absolute Gasteiger partial charge is 0.145 e. The van der Waals surface area contributed by atoms with Gasteiger partial charge in [-0.05, 0) is 78.4 Å². The maximum Gasteiger partial charge on any atom is 0.145 e. The van der Waals surface area contributed by atoms with Crippen LogP contribution in [0.15, 0.2) is 97.7 Å². The lowest BCUT2D eigenvalue weighted by Crippen LogP contribution is -2.07. The molecule has 36 heavy (non-hydrogen) atoms. The van der Waals surface area contributed by atoms with Crippen molar-refractivity contribution in [2.24, 2.45) is 0 Å². The van der Waals surface area contributed by atoms with Gasteiger partial charge in [0.15, 0.2) is 0 Å². The Morgan fingerprint density at radius 1 is 0.778 bits per heavy atom. The van der Waals surface area contributed by atoms with Crippen LogP contribution in [0.3, 0.4) is 0 Å². The van der Waals surface area contributed by atoms with Crippen molar-refractivity contribution >= 4 is 22.8 Å². The average Bonchev–Trinajstić information content (AvgIpc) is 3.55. The lowest BCUT2D eigenvalue weighted by molar-refractivity contribution is 0.930. The van der Waals surface area contributed by atoms with Gasteiger partial charge in [0.25, 0.3) is 0 Å². The van der Waals surface area contributed by atoms with Crippen LogP contribution in [-0.2, 0) is 12.2 Å². The van der Waals surface area contributed by atoms with Crippen molar-refractivity contribution in [1.82, 2.24) is 29.1 Å². The Bertz CT molecular complexity index is 1670. The minimum Gasteiger partial charge on any atom is -0.298 e. The number of rotatable bonds is 4. The van der Waals surface area contributed by atoms with Crippen LogP contribution in [0.5, 0.6) is 0 Å². The number of thioether (sulfide) groups is 1. The van der Waals surface area contributed by atoms with Gasteiger partial charge < -0.3 is 0 Å². The normalized spacial score (nSPS) is 13.1. The summed E-state index contributed by atoms with van der Waals surface area (Å²) in [5.41, 5.74) is 8.61. The number of nitrogens with zero attached hydrogens (tertiary/aromatic N) is 6. The molecule has 0 fully saturated rings. The van der Waals surface area contributed by atoms with Crippen LogP contribution in [0.2, 0.25) is 0 Å². The van der Waals surface area contributed by atoms with Crippen molar-refractivity contribution < 1.29 is 0 Å². The van der Waals surface area contributed by atoms with Gasteiger partial charge in [-0.2, -0.15) is 11.8 Å². The fourth-order valence-electron chi connectivity index (χ4n) is 4.95. The van der Waals surface area contributed by atoms with Gasteiger partial charge in [0.05, 0.1) is 17.6 Å². The van der Waals surface area contributed by atoms with E-state index < -0.39 is 0 Å². The van der Waals surface area contributed by atoms with Crippen molar-refractivity contribution in [3.8, 4) is 34.2 Å². The Kier molecular flexibility index (Phi) is 5.14. The van der Waals surface area contributed by atoms with E-state index in [-0.39, 0.29) is 0 Å². The molecule has 0 bridgehead atoms. The number of pyridine rings is 3. The molecule has 7 heteroatoms. The Balaban J connectivity index is 1.35. The van der Waals surface area contributed by atoms with Crippen LogP contribution in [-0.4, -0.2) is 34.8 Å². The van der Waals surface area contributed by atoms with Crippen molar-refractivity contribution in [3.05, 3.63) is 109 Å². The van der Waals surface area contributed by atoms with Crippen LogP contribution >= 0.6 is 11.8 Å². The van der Waals surface area contributed by atoms with Crippen LogP contribution < -0.4 is 0 Å². The Labute approximate surface area is 212 Å². The first-order chi connectivity index (χ1) is 17.9. The number of aromatic nitrogens is 6. The van der Waals surface area contributed by atoms with E-state index in [4.69, 9.17) is 9.97 Å². The van der Waals surface area contributed by atoms with Crippen LogP contribution in [0, 0.1) is 0 Å². The summed E-state index contributed by atoms with van der Waals surface area (Å²) in [5.74, 6) is 3.03. The molecule has 0 N–H and O–H groups in total. The van der Waals surface area contributed by atoms with Gasteiger partial charge in [-0.1, -0.05) is 6.07 Å². The van der Waals surface area contributed by atoms with Gasteiger partial charge in [-0.15, -0.1) is 0 Å². The molecule has 174 valence electrons. The second-order valence-corrected chi connectivity index (χ2v) is 9.84. The molecule has 0 amide bonds.